The van der Waals surface area contributed by atoms with E-state index in [1.807, 2.05) is 20.8 Å². The second-order valence-corrected chi connectivity index (χ2v) is 6.00. The normalized spacial score (nSPS) is 12.5. The molecule has 4 nitrogen and oxygen atoms in total. The highest BCUT2D eigenvalue weighted by Gasteiger charge is 2.22. The van der Waals surface area contributed by atoms with Crippen LogP contribution in [0.3, 0.4) is 0 Å². The molecule has 0 saturated carbocycles. The van der Waals surface area contributed by atoms with Crippen LogP contribution in [0.15, 0.2) is 24.3 Å². The van der Waals surface area contributed by atoms with Crippen LogP contribution in [-0.2, 0) is 0 Å². The fraction of sp³-hybridized carbons (Fsp3) is 0.375. The third-order valence-electron chi connectivity index (χ3n) is 3.66. The fourth-order valence-corrected chi connectivity index (χ4v) is 2.31. The van der Waals surface area contributed by atoms with Crippen LogP contribution in [0.25, 0.3) is 5.69 Å². The van der Waals surface area contributed by atoms with Gasteiger partial charge in [0.05, 0.1) is 16.9 Å². The molecule has 0 saturated heterocycles. The van der Waals surface area contributed by atoms with Crippen LogP contribution in [0.1, 0.15) is 36.8 Å². The van der Waals surface area contributed by atoms with E-state index in [2.05, 4.69) is 10.4 Å². The van der Waals surface area contributed by atoms with Crippen molar-refractivity contribution in [3.05, 3.63) is 46.5 Å². The van der Waals surface area contributed by atoms with Crippen LogP contribution in [0.4, 0.5) is 4.39 Å². The average Bonchev–Trinajstić information content (AvgIpc) is 2.74. The first kappa shape index (κ1) is 16.5. The number of halogens is 2. The maximum atomic E-state index is 13.0. The lowest BCUT2D eigenvalue weighted by Crippen LogP contribution is -2.36. The molecule has 0 spiro atoms. The molecule has 6 heteroatoms. The largest absolute Gasteiger partial charge is 0.349 e. The first-order valence-electron chi connectivity index (χ1n) is 7.13. The van der Waals surface area contributed by atoms with Crippen molar-refractivity contribution in [2.45, 2.75) is 33.7 Å². The van der Waals surface area contributed by atoms with Crippen LogP contribution in [-0.4, -0.2) is 21.7 Å². The molecule has 2 rings (SSSR count). The monoisotopic (exact) mass is 323 g/mol. The summed E-state index contributed by atoms with van der Waals surface area (Å²) in [5.74, 6) is -0.278. The van der Waals surface area contributed by atoms with Crippen molar-refractivity contribution >= 4 is 17.5 Å². The maximum Gasteiger partial charge on any atom is 0.256 e. The summed E-state index contributed by atoms with van der Waals surface area (Å²) in [6.07, 6.45) is 0. The van der Waals surface area contributed by atoms with Crippen molar-refractivity contribution in [2.24, 2.45) is 5.92 Å². The van der Waals surface area contributed by atoms with Gasteiger partial charge >= 0.3 is 0 Å². The number of aromatic nitrogens is 2. The van der Waals surface area contributed by atoms with E-state index >= 15 is 0 Å². The molecule has 118 valence electrons. The molecule has 22 heavy (non-hydrogen) atoms. The smallest absolute Gasteiger partial charge is 0.256 e. The van der Waals surface area contributed by atoms with Crippen LogP contribution >= 0.6 is 11.6 Å². The van der Waals surface area contributed by atoms with E-state index in [9.17, 15) is 9.18 Å². The highest BCUT2D eigenvalue weighted by Crippen LogP contribution is 2.24. The Labute approximate surface area is 134 Å². The molecule has 0 bridgehead atoms. The predicted octanol–water partition coefficient (Wildman–Crippen LogP) is 3.75. The van der Waals surface area contributed by atoms with E-state index < -0.39 is 0 Å². The lowest BCUT2D eigenvalue weighted by atomic mass is 10.1. The number of benzene rings is 1. The molecule has 0 aliphatic rings. The maximum absolute atomic E-state index is 13.0. The quantitative estimate of drug-likeness (QED) is 0.931. The van der Waals surface area contributed by atoms with Crippen molar-refractivity contribution in [1.82, 2.24) is 15.1 Å². The lowest BCUT2D eigenvalue weighted by molar-refractivity contribution is 0.0930. The molecule has 1 heterocycles. The molecule has 1 N–H and O–H groups in total. The van der Waals surface area contributed by atoms with Crippen LogP contribution < -0.4 is 5.32 Å². The third kappa shape index (κ3) is 3.30. The number of nitrogens with one attached hydrogen (secondary N) is 1. The standard InChI is InChI=1S/C16H19ClFN3O/c1-9(2)10(3)19-16(22)14-11(4)20-21(15(14)17)13-7-5-12(18)6-8-13/h5-10H,1-4H3,(H,19,22)/t10-/m0/s1. The molecular formula is C16H19ClFN3O. The summed E-state index contributed by atoms with van der Waals surface area (Å²) in [7, 11) is 0. The van der Waals surface area contributed by atoms with Gasteiger partial charge in [-0.15, -0.1) is 0 Å². The van der Waals surface area contributed by atoms with Gasteiger partial charge in [0.1, 0.15) is 11.0 Å². The summed E-state index contributed by atoms with van der Waals surface area (Å²) in [4.78, 5) is 12.4. The average molecular weight is 324 g/mol. The van der Waals surface area contributed by atoms with Gasteiger partial charge in [-0.05, 0) is 44.0 Å². The summed E-state index contributed by atoms with van der Waals surface area (Å²) in [5, 5.41) is 7.42. The molecule has 2 aromatic rings. The minimum absolute atomic E-state index is 0.0251. The van der Waals surface area contributed by atoms with Gasteiger partial charge in [0.25, 0.3) is 5.91 Å². The van der Waals surface area contributed by atoms with Crippen molar-refractivity contribution in [2.75, 3.05) is 0 Å². The molecule has 0 radical (unpaired) electrons. The number of hydrogen-bond donors (Lipinski definition) is 1. The molecule has 0 aliphatic carbocycles. The van der Waals surface area contributed by atoms with Crippen molar-refractivity contribution < 1.29 is 9.18 Å². The second kappa shape index (κ2) is 6.48. The van der Waals surface area contributed by atoms with Crippen molar-refractivity contribution in [3.8, 4) is 5.69 Å². The van der Waals surface area contributed by atoms with Crippen molar-refractivity contribution in [1.29, 1.82) is 0 Å². The minimum atomic E-state index is -0.340. The number of aryl methyl sites for hydroxylation is 1. The van der Waals surface area contributed by atoms with E-state index in [0.29, 0.717) is 22.9 Å². The third-order valence-corrected chi connectivity index (χ3v) is 4.01. The number of rotatable bonds is 4. The Hall–Kier alpha value is -1.88. The first-order chi connectivity index (χ1) is 10.3. The van der Waals surface area contributed by atoms with E-state index in [4.69, 9.17) is 11.6 Å². The first-order valence-corrected chi connectivity index (χ1v) is 7.51. The topological polar surface area (TPSA) is 46.9 Å². The van der Waals surface area contributed by atoms with Gasteiger partial charge in [-0.2, -0.15) is 5.10 Å². The van der Waals surface area contributed by atoms with E-state index in [1.54, 1.807) is 19.1 Å². The highest BCUT2D eigenvalue weighted by atomic mass is 35.5. The summed E-state index contributed by atoms with van der Waals surface area (Å²) in [6.45, 7) is 7.72. The van der Waals surface area contributed by atoms with Crippen LogP contribution in [0.5, 0.6) is 0 Å². The molecule has 1 aromatic carbocycles. The van der Waals surface area contributed by atoms with Gasteiger partial charge in [-0.25, -0.2) is 9.07 Å². The number of hydrogen-bond acceptors (Lipinski definition) is 2. The molecular weight excluding hydrogens is 305 g/mol. The van der Waals surface area contributed by atoms with Gasteiger partial charge in [0.15, 0.2) is 0 Å². The minimum Gasteiger partial charge on any atom is -0.349 e. The predicted molar refractivity (Wildman–Crippen MR) is 85.0 cm³/mol. The number of carbonyl (C=O) groups excluding carboxylic acids is 1. The molecule has 1 aromatic heterocycles. The molecule has 0 aliphatic heterocycles. The Morgan fingerprint density at radius 2 is 1.86 bits per heavy atom. The lowest BCUT2D eigenvalue weighted by Gasteiger charge is -2.17. The Bertz CT molecular complexity index is 679. The SMILES string of the molecule is Cc1nn(-c2ccc(F)cc2)c(Cl)c1C(=O)N[C@@H](C)C(C)C. The zero-order valence-electron chi connectivity index (χ0n) is 13.0. The molecule has 0 fully saturated rings. The zero-order valence-corrected chi connectivity index (χ0v) is 13.8. The van der Waals surface area contributed by atoms with Crippen molar-refractivity contribution in [3.63, 3.8) is 0 Å². The Morgan fingerprint density at radius 1 is 1.27 bits per heavy atom. The van der Waals surface area contributed by atoms with Gasteiger partial charge in [-0.3, -0.25) is 4.79 Å². The summed E-state index contributed by atoms with van der Waals surface area (Å²) in [5.41, 5.74) is 1.48. The van der Waals surface area contributed by atoms with E-state index in [1.165, 1.54) is 16.8 Å². The van der Waals surface area contributed by atoms with Gasteiger partial charge in [0.2, 0.25) is 0 Å². The van der Waals surface area contributed by atoms with Crippen LogP contribution in [0.2, 0.25) is 5.15 Å². The molecule has 0 unspecified atom stereocenters. The summed E-state index contributed by atoms with van der Waals surface area (Å²) in [6, 6.07) is 5.79. The fourth-order valence-electron chi connectivity index (χ4n) is 1.96. The number of nitrogens with zero attached hydrogens (tertiary/aromatic N) is 2. The van der Waals surface area contributed by atoms with Gasteiger partial charge in [-0.1, -0.05) is 25.4 Å². The van der Waals surface area contributed by atoms with Crippen LogP contribution in [0, 0.1) is 18.7 Å². The van der Waals surface area contributed by atoms with E-state index in [0.717, 1.165) is 0 Å². The summed E-state index contributed by atoms with van der Waals surface area (Å²) >= 11 is 6.31. The highest BCUT2D eigenvalue weighted by molar-refractivity contribution is 6.33. The van der Waals surface area contributed by atoms with Gasteiger partial charge in [0, 0.05) is 6.04 Å². The number of amides is 1. The molecule has 1 amide bonds. The summed E-state index contributed by atoms with van der Waals surface area (Å²) < 4.78 is 14.4. The Morgan fingerprint density at radius 3 is 2.41 bits per heavy atom. The Balaban J connectivity index is 2.35. The van der Waals surface area contributed by atoms with E-state index in [-0.39, 0.29) is 22.9 Å². The molecule has 1 atom stereocenters. The van der Waals surface area contributed by atoms with Gasteiger partial charge < -0.3 is 5.32 Å². The number of carbonyl (C=O) groups is 1. The Kier molecular flexibility index (Phi) is 4.86. The zero-order chi connectivity index (χ0) is 16.4. The second-order valence-electron chi connectivity index (χ2n) is 5.65.